The molecule has 0 spiro atoms. The zero-order valence-corrected chi connectivity index (χ0v) is 15.0. The summed E-state index contributed by atoms with van der Waals surface area (Å²) >= 11 is 0. The number of ketones is 2. The number of aromatic hydroxyl groups is 2. The number of halogens is 3. The molecule has 1 aliphatic carbocycles. The van der Waals surface area contributed by atoms with E-state index in [1.54, 1.807) is 12.1 Å². The summed E-state index contributed by atoms with van der Waals surface area (Å²) in [6.45, 7) is 0. The van der Waals surface area contributed by atoms with E-state index in [-0.39, 0.29) is 46.2 Å². The molecule has 0 saturated heterocycles. The van der Waals surface area contributed by atoms with Crippen LogP contribution >= 0.6 is 0 Å². The number of hydrogen-bond acceptors (Lipinski definition) is 4. The standard InChI is InChI=1S/C22H15F3O4/c23-22(24,25)13-7-5-11(6-8-13)9-12-10-16(26)17-18(19(12)27)21(29)15-4-2-1-3-14(15)20(17)28/h1-8,12,28-29H,9-10H2. The molecule has 0 aliphatic heterocycles. The summed E-state index contributed by atoms with van der Waals surface area (Å²) < 4.78 is 38.1. The van der Waals surface area contributed by atoms with Crippen molar-refractivity contribution >= 4 is 22.3 Å². The van der Waals surface area contributed by atoms with Crippen LogP contribution in [0, 0.1) is 5.92 Å². The van der Waals surface area contributed by atoms with Gasteiger partial charge in [0.25, 0.3) is 0 Å². The molecule has 0 heterocycles. The van der Waals surface area contributed by atoms with Crippen LogP contribution < -0.4 is 0 Å². The maximum absolute atomic E-state index is 13.0. The highest BCUT2D eigenvalue weighted by Crippen LogP contribution is 2.44. The maximum atomic E-state index is 13.0. The quantitative estimate of drug-likeness (QED) is 0.600. The van der Waals surface area contributed by atoms with E-state index in [4.69, 9.17) is 0 Å². The second-order valence-corrected chi connectivity index (χ2v) is 7.08. The molecule has 4 rings (SSSR count). The van der Waals surface area contributed by atoms with E-state index in [0.29, 0.717) is 5.56 Å². The minimum Gasteiger partial charge on any atom is -0.507 e. The van der Waals surface area contributed by atoms with Crippen molar-refractivity contribution in [2.24, 2.45) is 5.92 Å². The molecule has 1 atom stereocenters. The second-order valence-electron chi connectivity index (χ2n) is 7.08. The molecule has 7 heteroatoms. The second kappa shape index (κ2) is 6.62. The minimum absolute atomic E-state index is 0.0508. The first-order valence-electron chi connectivity index (χ1n) is 8.88. The number of carbonyl (C=O) groups is 2. The molecule has 0 fully saturated rings. The van der Waals surface area contributed by atoms with Crippen LogP contribution in [-0.2, 0) is 12.6 Å². The first-order valence-corrected chi connectivity index (χ1v) is 8.88. The Hall–Kier alpha value is -3.35. The first kappa shape index (κ1) is 19.0. The van der Waals surface area contributed by atoms with Crippen molar-refractivity contribution in [3.8, 4) is 11.5 Å². The van der Waals surface area contributed by atoms with Gasteiger partial charge in [-0.05, 0) is 24.1 Å². The summed E-state index contributed by atoms with van der Waals surface area (Å²) in [4.78, 5) is 25.7. The SMILES string of the molecule is O=C1CC(Cc2ccc(C(F)(F)F)cc2)C(=O)c2c1c(O)c1ccccc1c2O. The number of rotatable bonds is 2. The summed E-state index contributed by atoms with van der Waals surface area (Å²) in [5.41, 5.74) is -0.756. The number of phenolic OH excluding ortho intramolecular Hbond substituents is 2. The van der Waals surface area contributed by atoms with Crippen LogP contribution in [0.3, 0.4) is 0 Å². The van der Waals surface area contributed by atoms with Gasteiger partial charge in [0, 0.05) is 23.1 Å². The summed E-state index contributed by atoms with van der Waals surface area (Å²) in [7, 11) is 0. The average molecular weight is 400 g/mol. The number of carbonyl (C=O) groups excluding carboxylic acids is 2. The lowest BCUT2D eigenvalue weighted by atomic mass is 9.77. The van der Waals surface area contributed by atoms with Crippen LogP contribution in [0.5, 0.6) is 11.5 Å². The smallest absolute Gasteiger partial charge is 0.416 e. The van der Waals surface area contributed by atoms with Crippen LogP contribution in [-0.4, -0.2) is 21.8 Å². The van der Waals surface area contributed by atoms with Crippen molar-refractivity contribution in [3.05, 3.63) is 70.8 Å². The van der Waals surface area contributed by atoms with Crippen molar-refractivity contribution in [2.45, 2.75) is 19.0 Å². The fourth-order valence-corrected chi connectivity index (χ4v) is 3.82. The Morgan fingerprint density at radius 2 is 1.41 bits per heavy atom. The van der Waals surface area contributed by atoms with Crippen LogP contribution in [0.15, 0.2) is 48.5 Å². The Labute approximate surface area is 163 Å². The van der Waals surface area contributed by atoms with Crippen molar-refractivity contribution < 1.29 is 33.0 Å². The first-order chi connectivity index (χ1) is 13.7. The molecule has 3 aromatic carbocycles. The van der Waals surface area contributed by atoms with Crippen LogP contribution in [0.25, 0.3) is 10.8 Å². The van der Waals surface area contributed by atoms with Crippen molar-refractivity contribution in [1.82, 2.24) is 0 Å². The molecule has 0 amide bonds. The summed E-state index contributed by atoms with van der Waals surface area (Å²) in [6.07, 6.45) is -4.61. The lowest BCUT2D eigenvalue weighted by Crippen LogP contribution is -2.29. The van der Waals surface area contributed by atoms with Gasteiger partial charge < -0.3 is 10.2 Å². The van der Waals surface area contributed by atoms with Gasteiger partial charge in [-0.2, -0.15) is 13.2 Å². The normalized spacial score (nSPS) is 16.9. The fourth-order valence-electron chi connectivity index (χ4n) is 3.82. The van der Waals surface area contributed by atoms with Gasteiger partial charge in [0.15, 0.2) is 11.6 Å². The number of Topliss-reactive ketones (excluding diaryl/α,β-unsaturated/α-hetero) is 2. The Bertz CT molecular complexity index is 1150. The van der Waals surface area contributed by atoms with Crippen molar-refractivity contribution in [1.29, 1.82) is 0 Å². The Morgan fingerprint density at radius 3 is 1.97 bits per heavy atom. The molecule has 0 aromatic heterocycles. The molecule has 4 nitrogen and oxygen atoms in total. The van der Waals surface area contributed by atoms with E-state index >= 15 is 0 Å². The fraction of sp³-hybridized carbons (Fsp3) is 0.182. The summed E-state index contributed by atoms with van der Waals surface area (Å²) in [5.74, 6) is -2.56. The molecule has 0 saturated carbocycles. The third-order valence-electron chi connectivity index (χ3n) is 5.25. The Balaban J connectivity index is 1.73. The van der Waals surface area contributed by atoms with Crippen LogP contribution in [0.4, 0.5) is 13.2 Å². The van der Waals surface area contributed by atoms with E-state index in [2.05, 4.69) is 0 Å². The van der Waals surface area contributed by atoms with Gasteiger partial charge in [-0.15, -0.1) is 0 Å². The zero-order chi connectivity index (χ0) is 20.9. The molecular formula is C22H15F3O4. The molecule has 3 aromatic rings. The number of fused-ring (bicyclic) bond motifs is 2. The van der Waals surface area contributed by atoms with E-state index in [1.165, 1.54) is 24.3 Å². The molecule has 29 heavy (non-hydrogen) atoms. The van der Waals surface area contributed by atoms with Crippen molar-refractivity contribution in [2.75, 3.05) is 0 Å². The molecule has 0 bridgehead atoms. The van der Waals surface area contributed by atoms with Gasteiger partial charge >= 0.3 is 6.18 Å². The summed E-state index contributed by atoms with van der Waals surface area (Å²) in [6, 6.07) is 10.7. The predicted molar refractivity (Wildman–Crippen MR) is 99.2 cm³/mol. The van der Waals surface area contributed by atoms with Gasteiger partial charge in [0.2, 0.25) is 0 Å². The van der Waals surface area contributed by atoms with E-state index in [0.717, 1.165) is 12.1 Å². The topological polar surface area (TPSA) is 74.6 Å². The molecule has 1 unspecified atom stereocenters. The number of benzene rings is 3. The molecular weight excluding hydrogens is 385 g/mol. The van der Waals surface area contributed by atoms with Gasteiger partial charge in [0.1, 0.15) is 11.5 Å². The van der Waals surface area contributed by atoms with E-state index < -0.39 is 29.2 Å². The summed E-state index contributed by atoms with van der Waals surface area (Å²) in [5, 5.41) is 21.6. The average Bonchev–Trinajstić information content (AvgIpc) is 2.68. The third kappa shape index (κ3) is 3.12. The minimum atomic E-state index is -4.46. The monoisotopic (exact) mass is 400 g/mol. The highest BCUT2D eigenvalue weighted by molar-refractivity contribution is 6.22. The highest BCUT2D eigenvalue weighted by Gasteiger charge is 2.38. The molecule has 2 N–H and O–H groups in total. The van der Waals surface area contributed by atoms with Crippen molar-refractivity contribution in [3.63, 3.8) is 0 Å². The zero-order valence-electron chi connectivity index (χ0n) is 15.0. The van der Waals surface area contributed by atoms with E-state index in [9.17, 15) is 33.0 Å². The largest absolute Gasteiger partial charge is 0.507 e. The number of phenols is 2. The molecule has 0 radical (unpaired) electrons. The van der Waals surface area contributed by atoms with Crippen LogP contribution in [0.2, 0.25) is 0 Å². The lowest BCUT2D eigenvalue weighted by molar-refractivity contribution is -0.137. The predicted octanol–water partition coefficient (Wildman–Crippen LogP) is 4.90. The van der Waals surface area contributed by atoms with Gasteiger partial charge in [0.05, 0.1) is 16.7 Å². The van der Waals surface area contributed by atoms with Gasteiger partial charge in [-0.1, -0.05) is 36.4 Å². The lowest BCUT2D eigenvalue weighted by Gasteiger charge is -2.25. The number of alkyl halides is 3. The van der Waals surface area contributed by atoms with Crippen LogP contribution in [0.1, 0.15) is 38.3 Å². The van der Waals surface area contributed by atoms with E-state index in [1.807, 2.05) is 0 Å². The molecule has 148 valence electrons. The number of hydrogen-bond donors (Lipinski definition) is 2. The Kier molecular flexibility index (Phi) is 4.33. The maximum Gasteiger partial charge on any atom is 0.416 e. The van der Waals surface area contributed by atoms with Gasteiger partial charge in [-0.3, -0.25) is 9.59 Å². The Morgan fingerprint density at radius 1 is 0.862 bits per heavy atom. The highest BCUT2D eigenvalue weighted by atomic mass is 19.4. The van der Waals surface area contributed by atoms with Gasteiger partial charge in [-0.25, -0.2) is 0 Å². The third-order valence-corrected chi connectivity index (χ3v) is 5.25. The molecule has 1 aliphatic rings.